The lowest BCUT2D eigenvalue weighted by molar-refractivity contribution is 0.235. The van der Waals surface area contributed by atoms with E-state index in [0.717, 1.165) is 36.7 Å². The van der Waals surface area contributed by atoms with E-state index in [1.807, 2.05) is 30.3 Å². The Bertz CT molecular complexity index is 1020. The zero-order chi connectivity index (χ0) is 25.6. The molecule has 2 aliphatic heterocycles. The lowest BCUT2D eigenvalue weighted by Crippen LogP contribution is -2.52. The van der Waals surface area contributed by atoms with Crippen LogP contribution in [0.2, 0.25) is 0 Å². The molecule has 1 fully saturated rings. The van der Waals surface area contributed by atoms with E-state index in [-0.39, 0.29) is 29.4 Å². The quantitative estimate of drug-likeness (QED) is 0.435. The number of amides is 2. The van der Waals surface area contributed by atoms with Crippen molar-refractivity contribution in [3.63, 3.8) is 0 Å². The number of sulfonamides is 1. The van der Waals surface area contributed by atoms with Gasteiger partial charge in [0, 0.05) is 43.4 Å². The second-order valence-corrected chi connectivity index (χ2v) is 12.9. The molecule has 1 aromatic carbocycles. The van der Waals surface area contributed by atoms with Crippen LogP contribution in [0.25, 0.3) is 0 Å². The number of piperidine rings is 1. The molecule has 11 heteroatoms. The molecule has 194 valence electrons. The number of nitrogens with one attached hydrogen (secondary N) is 3. The summed E-state index contributed by atoms with van der Waals surface area (Å²) < 4.78 is 28.3. The van der Waals surface area contributed by atoms with Crippen LogP contribution in [-0.4, -0.2) is 67.0 Å². The van der Waals surface area contributed by atoms with Crippen molar-refractivity contribution in [3.8, 4) is 0 Å². The van der Waals surface area contributed by atoms with Gasteiger partial charge in [-0.05, 0) is 39.2 Å². The number of nitrogens with two attached hydrogens (primary N) is 1. The van der Waals surface area contributed by atoms with Gasteiger partial charge in [0.1, 0.15) is 0 Å². The van der Waals surface area contributed by atoms with E-state index < -0.39 is 21.6 Å². The molecule has 0 bridgehead atoms. The van der Waals surface area contributed by atoms with Crippen molar-refractivity contribution in [1.29, 1.82) is 0 Å². The van der Waals surface area contributed by atoms with Gasteiger partial charge in [0.05, 0.1) is 17.0 Å². The van der Waals surface area contributed by atoms with Crippen LogP contribution in [0.15, 0.2) is 46.8 Å². The first kappa shape index (κ1) is 27.5. The maximum Gasteiger partial charge on any atom is 0.315 e. The highest BCUT2D eigenvalue weighted by Gasteiger charge is 2.34. The molecule has 0 spiro atoms. The lowest BCUT2D eigenvalue weighted by Gasteiger charge is -2.37. The molecule has 3 rings (SSSR count). The Morgan fingerprint density at radius 1 is 1.23 bits per heavy atom. The lowest BCUT2D eigenvalue weighted by atomic mass is 10.1. The topological polar surface area (TPSA) is 129 Å². The van der Waals surface area contributed by atoms with Crippen LogP contribution in [0.1, 0.15) is 45.6 Å². The second kappa shape index (κ2) is 11.8. The van der Waals surface area contributed by atoms with Crippen LogP contribution in [0, 0.1) is 0 Å². The second-order valence-electron chi connectivity index (χ2n) is 10.1. The highest BCUT2D eigenvalue weighted by atomic mass is 32.2. The Hall–Kier alpha value is -2.08. The highest BCUT2D eigenvalue weighted by Crippen LogP contribution is 2.27. The van der Waals surface area contributed by atoms with Crippen LogP contribution in [0.4, 0.5) is 4.79 Å². The summed E-state index contributed by atoms with van der Waals surface area (Å²) in [5, 5.41) is 6.75. The third kappa shape index (κ3) is 8.52. The van der Waals surface area contributed by atoms with E-state index in [1.54, 1.807) is 32.5 Å². The minimum atomic E-state index is -3.74. The van der Waals surface area contributed by atoms with E-state index >= 15 is 0 Å². The smallest absolute Gasteiger partial charge is 0.315 e. The summed E-state index contributed by atoms with van der Waals surface area (Å²) in [6.07, 6.45) is 1.90. The molecular formula is C24H38N6O3S2. The van der Waals surface area contributed by atoms with Gasteiger partial charge in [-0.2, -0.15) is 0 Å². The van der Waals surface area contributed by atoms with Gasteiger partial charge in [-0.3, -0.25) is 4.99 Å². The minimum absolute atomic E-state index is 0.0598. The molecular weight excluding hydrogens is 484 g/mol. The van der Waals surface area contributed by atoms with Gasteiger partial charge in [-0.25, -0.2) is 17.9 Å². The fourth-order valence-corrected chi connectivity index (χ4v) is 6.50. The van der Waals surface area contributed by atoms with Crippen molar-refractivity contribution >= 4 is 33.0 Å². The first-order chi connectivity index (χ1) is 16.4. The van der Waals surface area contributed by atoms with Crippen LogP contribution in [0.5, 0.6) is 0 Å². The zero-order valence-electron chi connectivity index (χ0n) is 20.8. The Labute approximate surface area is 213 Å². The Morgan fingerprint density at radius 2 is 1.89 bits per heavy atom. The normalized spacial score (nSPS) is 21.8. The van der Waals surface area contributed by atoms with Crippen LogP contribution in [-0.2, 0) is 16.6 Å². The number of aliphatic imine (C=N–C) groups is 1. The number of likely N-dealkylation sites (tertiary alicyclic amines) is 1. The van der Waals surface area contributed by atoms with E-state index in [9.17, 15) is 13.2 Å². The third-order valence-corrected chi connectivity index (χ3v) is 8.77. The number of benzene rings is 1. The van der Waals surface area contributed by atoms with E-state index in [0.29, 0.717) is 12.3 Å². The van der Waals surface area contributed by atoms with Gasteiger partial charge < -0.3 is 21.3 Å². The summed E-state index contributed by atoms with van der Waals surface area (Å²) in [4.78, 5) is 19.8. The Morgan fingerprint density at radius 3 is 2.51 bits per heavy atom. The van der Waals surface area contributed by atoms with Crippen molar-refractivity contribution in [1.82, 2.24) is 20.3 Å². The zero-order valence-corrected chi connectivity index (χ0v) is 22.4. The fraction of sp³-hybridized carbons (Fsp3) is 0.583. The number of hydrogen-bond acceptors (Lipinski definition) is 7. The molecule has 1 unspecified atom stereocenters. The van der Waals surface area contributed by atoms with Gasteiger partial charge in [0.2, 0.25) is 10.0 Å². The predicted octanol–water partition coefficient (Wildman–Crippen LogP) is 2.37. The molecule has 0 aromatic heterocycles. The molecule has 2 amide bonds. The first-order valence-electron chi connectivity index (χ1n) is 11.9. The summed E-state index contributed by atoms with van der Waals surface area (Å²) in [6.45, 7) is 11.3. The summed E-state index contributed by atoms with van der Waals surface area (Å²) in [6, 6.07) is 8.75. The molecule has 1 aromatic rings. The molecule has 0 radical (unpaired) electrons. The Kier molecular flexibility index (Phi) is 9.25. The van der Waals surface area contributed by atoms with Gasteiger partial charge in [0.15, 0.2) is 5.17 Å². The van der Waals surface area contributed by atoms with E-state index in [4.69, 9.17) is 10.7 Å². The summed E-state index contributed by atoms with van der Waals surface area (Å²) in [5.74, 6) is 0.588. The maximum absolute atomic E-state index is 12.8. The van der Waals surface area contributed by atoms with Gasteiger partial charge >= 0.3 is 6.03 Å². The number of carbonyl (C=O) groups is 1. The molecule has 35 heavy (non-hydrogen) atoms. The van der Waals surface area contributed by atoms with Crippen molar-refractivity contribution in [3.05, 3.63) is 47.4 Å². The molecule has 0 aliphatic carbocycles. The molecule has 5 N–H and O–H groups in total. The van der Waals surface area contributed by atoms with Crippen LogP contribution in [0.3, 0.4) is 0 Å². The molecule has 2 atom stereocenters. The largest absolute Gasteiger partial charge is 0.351 e. The highest BCUT2D eigenvalue weighted by molar-refractivity contribution is 8.13. The van der Waals surface area contributed by atoms with E-state index in [2.05, 4.69) is 26.8 Å². The molecule has 2 heterocycles. The fourth-order valence-electron chi connectivity index (χ4n) is 3.95. The van der Waals surface area contributed by atoms with Gasteiger partial charge in [0.25, 0.3) is 0 Å². The van der Waals surface area contributed by atoms with Gasteiger partial charge in [-0.1, -0.05) is 48.7 Å². The van der Waals surface area contributed by atoms with Crippen molar-refractivity contribution in [2.24, 2.45) is 10.7 Å². The number of nitrogens with zero attached hydrogens (tertiary/aromatic N) is 2. The number of amidine groups is 1. The third-order valence-electron chi connectivity index (χ3n) is 5.81. The summed E-state index contributed by atoms with van der Waals surface area (Å²) >= 11 is 1.58. The SMILES string of the molecule is C=C(C[C@H]1N=C(N2CCC(N)CC2)SCC1NC(=O)NCc1ccccc1)S(=O)(=O)NC(C)(C)C. The number of carbonyl (C=O) groups excluding carboxylic acids is 1. The predicted molar refractivity (Wildman–Crippen MR) is 144 cm³/mol. The summed E-state index contributed by atoms with van der Waals surface area (Å²) in [7, 11) is -3.74. The Balaban J connectivity index is 1.71. The van der Waals surface area contributed by atoms with Crippen molar-refractivity contribution in [2.45, 2.75) is 70.2 Å². The average Bonchev–Trinajstić information content (AvgIpc) is 2.78. The number of urea groups is 1. The van der Waals surface area contributed by atoms with Crippen LogP contribution >= 0.6 is 11.8 Å². The van der Waals surface area contributed by atoms with Gasteiger partial charge in [-0.15, -0.1) is 0 Å². The standard InChI is InChI=1S/C24H38N6O3S2/c1-17(35(32,33)29-24(2,3)4)14-20-21(27-22(31)26-15-18-8-6-5-7-9-18)16-34-23(28-20)30-12-10-19(25)11-13-30/h5-9,19-21,29H,1,10-16,25H2,2-4H3,(H2,26,27,31)/t20-,21?/m1/s1. The molecule has 9 nitrogen and oxygen atoms in total. The average molecular weight is 523 g/mol. The minimum Gasteiger partial charge on any atom is -0.351 e. The number of rotatable bonds is 7. The molecule has 2 aliphatic rings. The van der Waals surface area contributed by atoms with Crippen molar-refractivity contribution < 1.29 is 13.2 Å². The maximum atomic E-state index is 12.8. The monoisotopic (exact) mass is 522 g/mol. The van der Waals surface area contributed by atoms with Crippen molar-refractivity contribution in [2.75, 3.05) is 18.8 Å². The number of hydrogen-bond donors (Lipinski definition) is 4. The first-order valence-corrected chi connectivity index (χ1v) is 14.4. The van der Waals surface area contributed by atoms with E-state index in [1.165, 1.54) is 0 Å². The van der Waals surface area contributed by atoms with Crippen LogP contribution < -0.4 is 21.1 Å². The number of thioether (sulfide) groups is 1. The molecule has 1 saturated heterocycles. The molecule has 0 saturated carbocycles. The summed E-state index contributed by atoms with van der Waals surface area (Å²) in [5.41, 5.74) is 6.42.